The Hall–Kier alpha value is -3.14. The van der Waals surface area contributed by atoms with Crippen molar-refractivity contribution in [3.8, 4) is 0 Å². The lowest BCUT2D eigenvalue weighted by molar-refractivity contribution is -0.158. The minimum absolute atomic E-state index is 0.190. The lowest BCUT2D eigenvalue weighted by Crippen LogP contribution is -2.55. The van der Waals surface area contributed by atoms with E-state index in [2.05, 4.69) is 0 Å². The van der Waals surface area contributed by atoms with E-state index in [1.54, 1.807) is 24.3 Å². The van der Waals surface area contributed by atoms with Crippen LogP contribution in [0.5, 0.6) is 0 Å². The molecule has 0 spiro atoms. The summed E-state index contributed by atoms with van der Waals surface area (Å²) in [6.07, 6.45) is -2.25. The number of carbonyl (C=O) groups is 3. The van der Waals surface area contributed by atoms with Crippen molar-refractivity contribution in [1.82, 2.24) is 9.47 Å². The molecule has 1 aliphatic carbocycles. The van der Waals surface area contributed by atoms with Gasteiger partial charge in [-0.15, -0.1) is 0 Å². The third-order valence-corrected chi connectivity index (χ3v) is 6.22. The normalized spacial score (nSPS) is 18.4. The van der Waals surface area contributed by atoms with Crippen LogP contribution < -0.4 is 5.56 Å². The molecule has 1 fully saturated rings. The summed E-state index contributed by atoms with van der Waals surface area (Å²) >= 11 is 6.35. The average molecular weight is 499 g/mol. The first-order valence-corrected chi connectivity index (χ1v) is 10.8. The van der Waals surface area contributed by atoms with Gasteiger partial charge in [0.2, 0.25) is 0 Å². The van der Waals surface area contributed by atoms with Crippen molar-refractivity contribution in [2.24, 2.45) is 0 Å². The maximum absolute atomic E-state index is 13.1. The highest BCUT2D eigenvalue weighted by atomic mass is 35.5. The molecule has 0 saturated heterocycles. The number of benzene rings is 1. The van der Waals surface area contributed by atoms with Gasteiger partial charge in [-0.2, -0.15) is 13.2 Å². The number of pyridine rings is 1. The van der Waals surface area contributed by atoms with Gasteiger partial charge in [-0.25, -0.2) is 0 Å². The van der Waals surface area contributed by atoms with Gasteiger partial charge in [0.05, 0.1) is 5.56 Å². The van der Waals surface area contributed by atoms with Crippen molar-refractivity contribution in [2.75, 3.05) is 13.7 Å². The first-order chi connectivity index (χ1) is 16.0. The molecule has 3 rings (SSSR count). The van der Waals surface area contributed by atoms with E-state index in [-0.39, 0.29) is 12.2 Å². The lowest BCUT2D eigenvalue weighted by atomic mass is 9.74. The number of ether oxygens (including phenoxy) is 1. The molecule has 1 atom stereocenters. The fourth-order valence-electron chi connectivity index (χ4n) is 4.09. The largest absolute Gasteiger partial charge is 0.454 e. The monoisotopic (exact) mass is 498 g/mol. The molecule has 1 saturated carbocycles. The maximum Gasteiger partial charge on any atom is 0.417 e. The Morgan fingerprint density at radius 1 is 1.15 bits per heavy atom. The Labute approximate surface area is 198 Å². The summed E-state index contributed by atoms with van der Waals surface area (Å²) in [7, 11) is 1.42. The van der Waals surface area contributed by atoms with Gasteiger partial charge in [-0.1, -0.05) is 29.8 Å². The number of hydrogen-bond donors (Lipinski definition) is 0. The van der Waals surface area contributed by atoms with Gasteiger partial charge < -0.3 is 14.2 Å². The third-order valence-electron chi connectivity index (χ3n) is 5.89. The number of carbonyl (C=O) groups excluding carboxylic acids is 3. The fourth-order valence-corrected chi connectivity index (χ4v) is 4.38. The number of halogens is 4. The van der Waals surface area contributed by atoms with E-state index < -0.39 is 47.9 Å². The number of hydrogen-bond acceptors (Lipinski definition) is 5. The number of esters is 1. The molecule has 1 amide bonds. The standard InChI is InChI=1S/C23H22ClF3N2O5/c1-28(22(11-5-4-8-18(22)30)16-6-2-3-7-17(16)24)20(32)14-34-21(33)13-29-12-15(23(25,26)27)9-10-19(29)31/h2-3,6-7,9-10,12H,4-5,8,11,13-14H2,1H3/t22-/m0/s1. The summed E-state index contributed by atoms with van der Waals surface area (Å²) in [6, 6.07) is 7.99. The lowest BCUT2D eigenvalue weighted by Gasteiger charge is -2.43. The molecule has 1 aromatic carbocycles. The molecule has 7 nitrogen and oxygen atoms in total. The quantitative estimate of drug-likeness (QED) is 0.568. The van der Waals surface area contributed by atoms with E-state index in [4.69, 9.17) is 16.3 Å². The van der Waals surface area contributed by atoms with Gasteiger partial charge >= 0.3 is 12.1 Å². The van der Waals surface area contributed by atoms with Crippen molar-refractivity contribution >= 4 is 29.3 Å². The zero-order valence-electron chi connectivity index (χ0n) is 18.2. The topological polar surface area (TPSA) is 85.7 Å². The predicted molar refractivity (Wildman–Crippen MR) is 116 cm³/mol. The average Bonchev–Trinajstić information content (AvgIpc) is 2.78. The summed E-state index contributed by atoms with van der Waals surface area (Å²) in [6.45, 7) is -1.57. The molecule has 1 aromatic heterocycles. The second-order valence-electron chi connectivity index (χ2n) is 7.97. The molecule has 0 radical (unpaired) electrons. The number of Topliss-reactive ketones (excluding diaryl/α,β-unsaturated/α-hetero) is 1. The van der Waals surface area contributed by atoms with Crippen LogP contribution >= 0.6 is 11.6 Å². The first kappa shape index (κ1) is 25.5. The smallest absolute Gasteiger partial charge is 0.417 e. The van der Waals surface area contributed by atoms with Crippen LogP contribution in [0.4, 0.5) is 13.2 Å². The highest BCUT2D eigenvalue weighted by molar-refractivity contribution is 6.31. The SMILES string of the molecule is CN(C(=O)COC(=O)Cn1cc(C(F)(F)F)ccc1=O)[C@]1(c2ccccc2Cl)CCCCC1=O. The Bertz CT molecular complexity index is 1160. The molecule has 0 N–H and O–H groups in total. The van der Waals surface area contributed by atoms with Crippen molar-refractivity contribution in [3.05, 3.63) is 69.1 Å². The maximum atomic E-state index is 13.1. The van der Waals surface area contributed by atoms with Crippen LogP contribution in [0.2, 0.25) is 5.02 Å². The van der Waals surface area contributed by atoms with Crippen LogP contribution in [0.1, 0.15) is 36.8 Å². The van der Waals surface area contributed by atoms with Gasteiger partial charge in [0.15, 0.2) is 12.4 Å². The van der Waals surface area contributed by atoms with Gasteiger partial charge in [-0.05, 0) is 31.4 Å². The Kier molecular flexibility index (Phi) is 7.50. The third kappa shape index (κ3) is 5.16. The zero-order valence-corrected chi connectivity index (χ0v) is 19.0. The molecule has 34 heavy (non-hydrogen) atoms. The Morgan fingerprint density at radius 2 is 1.85 bits per heavy atom. The Balaban J connectivity index is 1.75. The second-order valence-corrected chi connectivity index (χ2v) is 8.37. The fraction of sp³-hybridized carbons (Fsp3) is 0.391. The van der Waals surface area contributed by atoms with Crippen LogP contribution in [0.15, 0.2) is 47.4 Å². The molecular weight excluding hydrogens is 477 g/mol. The number of ketones is 1. The van der Waals surface area contributed by atoms with Crippen molar-refractivity contribution in [1.29, 1.82) is 0 Å². The molecular formula is C23H22ClF3N2O5. The predicted octanol–water partition coefficient (Wildman–Crippen LogP) is 3.56. The number of amides is 1. The zero-order chi connectivity index (χ0) is 25.1. The molecule has 1 aliphatic rings. The van der Waals surface area contributed by atoms with E-state index in [1.165, 1.54) is 11.9 Å². The number of alkyl halides is 3. The van der Waals surface area contributed by atoms with Gasteiger partial charge in [0.1, 0.15) is 12.1 Å². The summed E-state index contributed by atoms with van der Waals surface area (Å²) in [5.74, 6) is -1.96. The summed E-state index contributed by atoms with van der Waals surface area (Å²) in [4.78, 5) is 51.2. The van der Waals surface area contributed by atoms with Crippen molar-refractivity contribution in [2.45, 2.75) is 43.9 Å². The second kappa shape index (κ2) is 10.0. The molecule has 0 aliphatic heterocycles. The van der Waals surface area contributed by atoms with E-state index in [9.17, 15) is 32.3 Å². The van der Waals surface area contributed by atoms with E-state index in [1.807, 2.05) is 0 Å². The highest BCUT2D eigenvalue weighted by Gasteiger charge is 2.48. The summed E-state index contributed by atoms with van der Waals surface area (Å²) in [5, 5.41) is 0.318. The highest BCUT2D eigenvalue weighted by Crippen LogP contribution is 2.42. The molecule has 0 bridgehead atoms. The number of rotatable bonds is 6. The summed E-state index contributed by atoms with van der Waals surface area (Å²) < 4.78 is 44.1. The van der Waals surface area contributed by atoms with E-state index in [0.717, 1.165) is 0 Å². The molecule has 11 heteroatoms. The van der Waals surface area contributed by atoms with Crippen LogP contribution in [0.3, 0.4) is 0 Å². The minimum Gasteiger partial charge on any atom is -0.454 e. The molecule has 0 unspecified atom stereocenters. The number of nitrogens with zero attached hydrogens (tertiary/aromatic N) is 2. The minimum atomic E-state index is -4.70. The van der Waals surface area contributed by atoms with E-state index in [0.29, 0.717) is 52.7 Å². The van der Waals surface area contributed by atoms with Gasteiger partial charge in [-0.3, -0.25) is 19.2 Å². The molecule has 182 valence electrons. The van der Waals surface area contributed by atoms with E-state index >= 15 is 0 Å². The van der Waals surface area contributed by atoms with Crippen LogP contribution in [-0.4, -0.2) is 40.8 Å². The number of aromatic nitrogens is 1. The summed E-state index contributed by atoms with van der Waals surface area (Å²) in [5.41, 5.74) is -2.79. The van der Waals surface area contributed by atoms with Gasteiger partial charge in [0, 0.05) is 36.3 Å². The molecule has 1 heterocycles. The van der Waals surface area contributed by atoms with Gasteiger partial charge in [0.25, 0.3) is 11.5 Å². The van der Waals surface area contributed by atoms with Crippen molar-refractivity contribution in [3.63, 3.8) is 0 Å². The van der Waals surface area contributed by atoms with Crippen LogP contribution in [0, 0.1) is 0 Å². The molecule has 2 aromatic rings. The first-order valence-electron chi connectivity index (χ1n) is 10.4. The van der Waals surface area contributed by atoms with Crippen LogP contribution in [0.25, 0.3) is 0 Å². The number of likely N-dealkylation sites (N-methyl/N-ethyl adjacent to an activating group) is 1. The van der Waals surface area contributed by atoms with Crippen LogP contribution in [-0.2, 0) is 37.4 Å². The van der Waals surface area contributed by atoms with Crippen molar-refractivity contribution < 1.29 is 32.3 Å². The Morgan fingerprint density at radius 3 is 2.50 bits per heavy atom.